The Morgan fingerprint density at radius 1 is 1.17 bits per heavy atom. The molecule has 0 atom stereocenters. The Morgan fingerprint density at radius 2 is 1.92 bits per heavy atom. The molecule has 1 fully saturated rings. The second-order valence-corrected chi connectivity index (χ2v) is 7.00. The highest BCUT2D eigenvalue weighted by Gasteiger charge is 2.18. The maximum absolute atomic E-state index is 12.7. The largest absolute Gasteiger partial charge is 0.486 e. The van der Waals surface area contributed by atoms with Crippen molar-refractivity contribution in [2.24, 2.45) is 0 Å². The van der Waals surface area contributed by atoms with Crippen LogP contribution in [0.25, 0.3) is 0 Å². The topological polar surface area (TPSA) is 51.2 Å². The Kier molecular flexibility index (Phi) is 6.24. The molecule has 1 amide bonds. The van der Waals surface area contributed by atoms with Crippen LogP contribution in [-0.2, 0) is 6.61 Å². The number of amides is 1. The molecule has 1 N–H and O–H groups in total. The Morgan fingerprint density at radius 3 is 2.67 bits per heavy atom. The fourth-order valence-corrected chi connectivity index (χ4v) is 3.65. The molecular formula is C19H24N2O2S. The molecule has 128 valence electrons. The minimum Gasteiger partial charge on any atom is -0.486 e. The Balaban J connectivity index is 1.63. The lowest BCUT2D eigenvalue weighted by atomic mass is 9.96. The molecule has 1 aliphatic carbocycles. The molecule has 4 nitrogen and oxygen atoms in total. The lowest BCUT2D eigenvalue weighted by Gasteiger charge is -2.21. The first-order valence-corrected chi connectivity index (χ1v) is 9.67. The van der Waals surface area contributed by atoms with Crippen molar-refractivity contribution < 1.29 is 9.53 Å². The van der Waals surface area contributed by atoms with Crippen LogP contribution in [0.15, 0.2) is 35.2 Å². The van der Waals surface area contributed by atoms with Crippen molar-refractivity contribution in [3.05, 3.63) is 46.4 Å². The van der Waals surface area contributed by atoms with Crippen molar-refractivity contribution in [2.45, 2.75) is 57.6 Å². The summed E-state index contributed by atoms with van der Waals surface area (Å²) in [7, 11) is 0. The minimum atomic E-state index is -0.0329. The first-order chi connectivity index (χ1) is 11.8. The van der Waals surface area contributed by atoms with Crippen LogP contribution < -0.4 is 10.1 Å². The maximum atomic E-state index is 12.7. The van der Waals surface area contributed by atoms with Gasteiger partial charge in [-0.2, -0.15) is 0 Å². The average molecular weight is 344 g/mol. The molecule has 0 radical (unpaired) electrons. The molecule has 24 heavy (non-hydrogen) atoms. The number of thiazole rings is 1. The van der Waals surface area contributed by atoms with E-state index in [1.165, 1.54) is 32.1 Å². The lowest BCUT2D eigenvalue weighted by molar-refractivity contribution is 0.0926. The smallest absolute Gasteiger partial charge is 0.255 e. The van der Waals surface area contributed by atoms with Gasteiger partial charge in [0.2, 0.25) is 0 Å². The van der Waals surface area contributed by atoms with E-state index in [0.29, 0.717) is 17.9 Å². The minimum absolute atomic E-state index is 0.0329. The van der Waals surface area contributed by atoms with Crippen LogP contribution in [0.2, 0.25) is 0 Å². The number of nitrogens with zero attached hydrogens (tertiary/aromatic N) is 1. The van der Waals surface area contributed by atoms with Gasteiger partial charge in [0.1, 0.15) is 12.4 Å². The second-order valence-electron chi connectivity index (χ2n) is 6.28. The van der Waals surface area contributed by atoms with E-state index in [-0.39, 0.29) is 11.9 Å². The molecular weight excluding hydrogens is 320 g/mol. The molecule has 1 aliphatic rings. The third-order valence-electron chi connectivity index (χ3n) is 4.43. The molecule has 0 bridgehead atoms. The van der Waals surface area contributed by atoms with Gasteiger partial charge in [0.25, 0.3) is 5.91 Å². The first kappa shape index (κ1) is 17.0. The number of para-hydroxylation sites is 1. The molecule has 1 saturated carbocycles. The number of hydrogen-bond donors (Lipinski definition) is 1. The number of hydrogen-bond acceptors (Lipinski definition) is 4. The van der Waals surface area contributed by atoms with Crippen LogP contribution in [0.4, 0.5) is 0 Å². The van der Waals surface area contributed by atoms with E-state index in [1.807, 2.05) is 29.6 Å². The van der Waals surface area contributed by atoms with E-state index in [9.17, 15) is 4.79 Å². The predicted molar refractivity (Wildman–Crippen MR) is 96.5 cm³/mol. The summed E-state index contributed by atoms with van der Waals surface area (Å²) in [5.41, 5.74) is 3.27. The van der Waals surface area contributed by atoms with E-state index < -0.39 is 0 Å². The third-order valence-corrected chi connectivity index (χ3v) is 5.07. The molecule has 0 aliphatic heterocycles. The molecule has 3 rings (SSSR count). The monoisotopic (exact) mass is 344 g/mol. The van der Waals surface area contributed by atoms with Gasteiger partial charge in [0.15, 0.2) is 0 Å². The van der Waals surface area contributed by atoms with Gasteiger partial charge in [-0.1, -0.05) is 44.2 Å². The van der Waals surface area contributed by atoms with Gasteiger partial charge in [-0.25, -0.2) is 4.98 Å². The molecule has 0 spiro atoms. The van der Waals surface area contributed by atoms with Gasteiger partial charge in [-0.15, -0.1) is 11.3 Å². The zero-order valence-corrected chi connectivity index (χ0v) is 14.7. The van der Waals surface area contributed by atoms with Crippen molar-refractivity contribution in [3.63, 3.8) is 0 Å². The SMILES string of the molecule is O=C(NC1CCCCCCC1)c1ccccc1OCc1cscn1. The Bertz CT molecular complexity index is 635. The summed E-state index contributed by atoms with van der Waals surface area (Å²) in [4.78, 5) is 16.9. The van der Waals surface area contributed by atoms with Gasteiger partial charge >= 0.3 is 0 Å². The standard InChI is InChI=1S/C19H24N2O2S/c22-19(21-15-8-4-2-1-3-5-9-15)17-10-6-7-11-18(17)23-12-16-13-24-14-20-16/h6-7,10-11,13-15H,1-5,8-9,12H2,(H,21,22). The van der Waals surface area contributed by atoms with Crippen LogP contribution in [0.5, 0.6) is 5.75 Å². The summed E-state index contributed by atoms with van der Waals surface area (Å²) in [6.07, 6.45) is 8.44. The third kappa shape index (κ3) is 4.81. The van der Waals surface area contributed by atoms with E-state index in [2.05, 4.69) is 10.3 Å². The summed E-state index contributed by atoms with van der Waals surface area (Å²) >= 11 is 1.54. The molecule has 1 aromatic carbocycles. The second kappa shape index (κ2) is 8.83. The van der Waals surface area contributed by atoms with Gasteiger partial charge < -0.3 is 10.1 Å². The number of carbonyl (C=O) groups is 1. The fourth-order valence-electron chi connectivity index (χ4n) is 3.10. The normalized spacial score (nSPS) is 16.2. The van der Waals surface area contributed by atoms with Crippen LogP contribution in [0.3, 0.4) is 0 Å². The summed E-state index contributed by atoms with van der Waals surface area (Å²) in [5.74, 6) is 0.586. The van der Waals surface area contributed by atoms with E-state index >= 15 is 0 Å². The Labute approximate surface area is 147 Å². The van der Waals surface area contributed by atoms with Crippen LogP contribution >= 0.6 is 11.3 Å². The predicted octanol–water partition coefficient (Wildman–Crippen LogP) is 4.56. The first-order valence-electron chi connectivity index (χ1n) is 8.72. The number of aromatic nitrogens is 1. The number of benzene rings is 1. The molecule has 5 heteroatoms. The van der Waals surface area contributed by atoms with E-state index in [1.54, 1.807) is 16.8 Å². The summed E-state index contributed by atoms with van der Waals surface area (Å²) < 4.78 is 5.82. The van der Waals surface area contributed by atoms with Crippen LogP contribution in [0, 0.1) is 0 Å². The quantitative estimate of drug-likeness (QED) is 0.865. The molecule has 1 aromatic heterocycles. The van der Waals surface area contributed by atoms with Gasteiger partial charge in [0, 0.05) is 11.4 Å². The van der Waals surface area contributed by atoms with E-state index in [0.717, 1.165) is 18.5 Å². The summed E-state index contributed by atoms with van der Waals surface area (Å²) in [6, 6.07) is 7.73. The Hall–Kier alpha value is -1.88. The lowest BCUT2D eigenvalue weighted by Crippen LogP contribution is -2.35. The highest BCUT2D eigenvalue weighted by atomic mass is 32.1. The maximum Gasteiger partial charge on any atom is 0.255 e. The van der Waals surface area contributed by atoms with E-state index in [4.69, 9.17) is 4.74 Å². The molecule has 2 aromatic rings. The fraction of sp³-hybridized carbons (Fsp3) is 0.474. The van der Waals surface area contributed by atoms with Crippen molar-refractivity contribution in [1.82, 2.24) is 10.3 Å². The molecule has 1 heterocycles. The van der Waals surface area contributed by atoms with Crippen molar-refractivity contribution in [2.75, 3.05) is 0 Å². The zero-order valence-electron chi connectivity index (χ0n) is 13.9. The molecule has 0 unspecified atom stereocenters. The highest BCUT2D eigenvalue weighted by molar-refractivity contribution is 7.07. The van der Waals surface area contributed by atoms with Crippen LogP contribution in [-0.4, -0.2) is 16.9 Å². The average Bonchev–Trinajstić information content (AvgIpc) is 3.09. The number of carbonyl (C=O) groups excluding carboxylic acids is 1. The van der Waals surface area contributed by atoms with Crippen molar-refractivity contribution >= 4 is 17.2 Å². The zero-order chi connectivity index (χ0) is 16.6. The summed E-state index contributed by atoms with van der Waals surface area (Å²) in [6.45, 7) is 0.386. The molecule has 0 saturated heterocycles. The summed E-state index contributed by atoms with van der Waals surface area (Å²) in [5, 5.41) is 5.16. The van der Waals surface area contributed by atoms with Gasteiger partial charge in [-0.3, -0.25) is 4.79 Å². The number of ether oxygens (including phenoxy) is 1. The van der Waals surface area contributed by atoms with Crippen molar-refractivity contribution in [1.29, 1.82) is 0 Å². The van der Waals surface area contributed by atoms with Gasteiger partial charge in [-0.05, 0) is 25.0 Å². The van der Waals surface area contributed by atoms with Crippen LogP contribution in [0.1, 0.15) is 61.0 Å². The number of nitrogens with one attached hydrogen (secondary N) is 1. The van der Waals surface area contributed by atoms with Crippen molar-refractivity contribution in [3.8, 4) is 5.75 Å². The number of rotatable bonds is 5. The highest BCUT2D eigenvalue weighted by Crippen LogP contribution is 2.21. The van der Waals surface area contributed by atoms with Gasteiger partial charge in [0.05, 0.1) is 16.8 Å².